The molecular weight excluding hydrogens is 248 g/mol. The lowest BCUT2D eigenvalue weighted by molar-refractivity contribution is 0.172. The van der Waals surface area contributed by atoms with Crippen LogP contribution in [0.25, 0.3) is 0 Å². The third-order valence-electron chi connectivity index (χ3n) is 3.38. The predicted octanol–water partition coefficient (Wildman–Crippen LogP) is 1.54. The number of ether oxygens (including phenoxy) is 2. The highest BCUT2D eigenvalue weighted by atomic mass is 32.2. The molecule has 0 unspecified atom stereocenters. The minimum absolute atomic E-state index is 0.347. The lowest BCUT2D eigenvalue weighted by Gasteiger charge is -2.28. The van der Waals surface area contributed by atoms with Gasteiger partial charge in [0.2, 0.25) is 6.79 Å². The third kappa shape index (κ3) is 2.30. The molecule has 2 aliphatic heterocycles. The van der Waals surface area contributed by atoms with Crippen molar-refractivity contribution in [2.75, 3.05) is 39.2 Å². The Bertz CT molecular complexity index is 433. The SMILES string of the molecule is CSc1c(CN2CCNCC2)ccc2c1OCO2. The molecule has 0 radical (unpaired) electrons. The molecule has 1 saturated heterocycles. The highest BCUT2D eigenvalue weighted by molar-refractivity contribution is 7.98. The van der Waals surface area contributed by atoms with E-state index in [2.05, 4.69) is 22.5 Å². The molecule has 4 nitrogen and oxygen atoms in total. The van der Waals surface area contributed by atoms with E-state index in [1.807, 2.05) is 6.07 Å². The minimum atomic E-state index is 0.347. The summed E-state index contributed by atoms with van der Waals surface area (Å²) in [5.74, 6) is 1.80. The summed E-state index contributed by atoms with van der Waals surface area (Å²) in [7, 11) is 0. The molecule has 0 aromatic heterocycles. The van der Waals surface area contributed by atoms with Gasteiger partial charge in [-0.15, -0.1) is 11.8 Å². The Labute approximate surface area is 112 Å². The second kappa shape index (κ2) is 5.38. The molecule has 0 saturated carbocycles. The number of thioether (sulfide) groups is 1. The van der Waals surface area contributed by atoms with Crippen molar-refractivity contribution in [3.63, 3.8) is 0 Å². The normalized spacial score (nSPS) is 19.2. The van der Waals surface area contributed by atoms with E-state index in [1.165, 1.54) is 10.5 Å². The Morgan fingerprint density at radius 2 is 2.11 bits per heavy atom. The predicted molar refractivity (Wildman–Crippen MR) is 72.5 cm³/mol. The van der Waals surface area contributed by atoms with Crippen molar-refractivity contribution in [1.29, 1.82) is 0 Å². The zero-order valence-electron chi connectivity index (χ0n) is 10.6. The third-order valence-corrected chi connectivity index (χ3v) is 4.24. The van der Waals surface area contributed by atoms with Crippen LogP contribution in [-0.4, -0.2) is 44.1 Å². The molecule has 18 heavy (non-hydrogen) atoms. The van der Waals surface area contributed by atoms with E-state index < -0.39 is 0 Å². The monoisotopic (exact) mass is 266 g/mol. The van der Waals surface area contributed by atoms with Gasteiger partial charge in [-0.05, 0) is 17.9 Å². The highest BCUT2D eigenvalue weighted by Crippen LogP contribution is 2.42. The number of nitrogens with one attached hydrogen (secondary N) is 1. The fourth-order valence-electron chi connectivity index (χ4n) is 2.45. The second-order valence-electron chi connectivity index (χ2n) is 4.52. The lowest BCUT2D eigenvalue weighted by Crippen LogP contribution is -2.42. The summed E-state index contributed by atoms with van der Waals surface area (Å²) in [5.41, 5.74) is 1.34. The quantitative estimate of drug-likeness (QED) is 0.839. The van der Waals surface area contributed by atoms with Gasteiger partial charge in [0.05, 0.1) is 4.90 Å². The van der Waals surface area contributed by atoms with Gasteiger partial charge in [-0.3, -0.25) is 4.90 Å². The number of rotatable bonds is 3. The van der Waals surface area contributed by atoms with E-state index in [0.29, 0.717) is 6.79 Å². The maximum absolute atomic E-state index is 5.58. The first kappa shape index (κ1) is 12.1. The average Bonchev–Trinajstić information content (AvgIpc) is 2.88. The number of benzene rings is 1. The average molecular weight is 266 g/mol. The van der Waals surface area contributed by atoms with Gasteiger partial charge in [-0.1, -0.05) is 6.07 Å². The van der Waals surface area contributed by atoms with Crippen LogP contribution in [0.3, 0.4) is 0 Å². The van der Waals surface area contributed by atoms with Crippen molar-refractivity contribution in [1.82, 2.24) is 10.2 Å². The van der Waals surface area contributed by atoms with E-state index in [1.54, 1.807) is 11.8 Å². The summed E-state index contributed by atoms with van der Waals surface area (Å²) in [5, 5.41) is 3.38. The lowest BCUT2D eigenvalue weighted by atomic mass is 10.1. The van der Waals surface area contributed by atoms with Crippen molar-refractivity contribution >= 4 is 11.8 Å². The van der Waals surface area contributed by atoms with Crippen LogP contribution in [0, 0.1) is 0 Å². The maximum atomic E-state index is 5.58. The van der Waals surface area contributed by atoms with Crippen LogP contribution in [0.2, 0.25) is 0 Å². The number of piperazine rings is 1. The molecule has 5 heteroatoms. The van der Waals surface area contributed by atoms with Crippen molar-refractivity contribution < 1.29 is 9.47 Å². The van der Waals surface area contributed by atoms with Gasteiger partial charge in [0.1, 0.15) is 0 Å². The Morgan fingerprint density at radius 1 is 1.28 bits per heavy atom. The molecule has 0 bridgehead atoms. The van der Waals surface area contributed by atoms with Gasteiger partial charge >= 0.3 is 0 Å². The Morgan fingerprint density at radius 3 is 2.89 bits per heavy atom. The Hall–Kier alpha value is -0.910. The molecule has 0 aliphatic carbocycles. The smallest absolute Gasteiger partial charge is 0.231 e. The molecular formula is C13H18N2O2S. The van der Waals surface area contributed by atoms with Gasteiger partial charge in [-0.2, -0.15) is 0 Å². The van der Waals surface area contributed by atoms with Crippen LogP contribution < -0.4 is 14.8 Å². The topological polar surface area (TPSA) is 33.7 Å². The zero-order chi connectivity index (χ0) is 12.4. The molecule has 1 aromatic carbocycles. The van der Waals surface area contributed by atoms with Crippen LogP contribution >= 0.6 is 11.8 Å². The van der Waals surface area contributed by atoms with Gasteiger partial charge < -0.3 is 14.8 Å². The van der Waals surface area contributed by atoms with Crippen molar-refractivity contribution in [3.8, 4) is 11.5 Å². The highest BCUT2D eigenvalue weighted by Gasteiger charge is 2.21. The summed E-state index contributed by atoms with van der Waals surface area (Å²) in [4.78, 5) is 3.71. The van der Waals surface area contributed by atoms with E-state index in [9.17, 15) is 0 Å². The summed E-state index contributed by atoms with van der Waals surface area (Å²) >= 11 is 1.74. The molecule has 1 N–H and O–H groups in total. The van der Waals surface area contributed by atoms with Crippen LogP contribution in [0.4, 0.5) is 0 Å². The number of hydrogen-bond acceptors (Lipinski definition) is 5. The van der Waals surface area contributed by atoms with E-state index in [-0.39, 0.29) is 0 Å². The largest absolute Gasteiger partial charge is 0.454 e. The molecule has 1 fully saturated rings. The van der Waals surface area contributed by atoms with Crippen LogP contribution in [0.15, 0.2) is 17.0 Å². The Kier molecular flexibility index (Phi) is 3.63. The number of nitrogens with zero attached hydrogens (tertiary/aromatic N) is 1. The minimum Gasteiger partial charge on any atom is -0.454 e. The molecule has 2 aliphatic rings. The first-order valence-corrected chi connectivity index (χ1v) is 7.49. The van der Waals surface area contributed by atoms with Crippen LogP contribution in [0.1, 0.15) is 5.56 Å². The standard InChI is InChI=1S/C13H18N2O2S/c1-18-13-10(8-15-6-4-14-5-7-15)2-3-11-12(13)17-9-16-11/h2-3,14H,4-9H2,1H3. The van der Waals surface area contributed by atoms with Crippen molar-refractivity contribution in [2.24, 2.45) is 0 Å². The van der Waals surface area contributed by atoms with Crippen LogP contribution in [-0.2, 0) is 6.54 Å². The number of hydrogen-bond donors (Lipinski definition) is 1. The van der Waals surface area contributed by atoms with E-state index in [0.717, 1.165) is 44.2 Å². The first-order valence-electron chi connectivity index (χ1n) is 6.27. The van der Waals surface area contributed by atoms with Gasteiger partial charge in [0, 0.05) is 32.7 Å². The van der Waals surface area contributed by atoms with Gasteiger partial charge in [-0.25, -0.2) is 0 Å². The summed E-state index contributed by atoms with van der Waals surface area (Å²) < 4.78 is 11.0. The van der Waals surface area contributed by atoms with Crippen molar-refractivity contribution in [3.05, 3.63) is 17.7 Å². The molecule has 1 aromatic rings. The van der Waals surface area contributed by atoms with Crippen LogP contribution in [0.5, 0.6) is 11.5 Å². The maximum Gasteiger partial charge on any atom is 0.231 e. The summed E-state index contributed by atoms with van der Waals surface area (Å²) in [6.45, 7) is 5.73. The van der Waals surface area contributed by atoms with Crippen molar-refractivity contribution in [2.45, 2.75) is 11.4 Å². The molecule has 2 heterocycles. The Balaban J connectivity index is 1.82. The van der Waals surface area contributed by atoms with Gasteiger partial charge in [0.25, 0.3) is 0 Å². The van der Waals surface area contributed by atoms with E-state index >= 15 is 0 Å². The molecule has 3 rings (SSSR count). The molecule has 98 valence electrons. The second-order valence-corrected chi connectivity index (χ2v) is 5.33. The molecule has 0 amide bonds. The molecule has 0 atom stereocenters. The molecule has 0 spiro atoms. The fraction of sp³-hybridized carbons (Fsp3) is 0.538. The first-order chi connectivity index (χ1) is 8.88. The summed E-state index contributed by atoms with van der Waals surface area (Å²) in [6.07, 6.45) is 2.10. The van der Waals surface area contributed by atoms with E-state index in [4.69, 9.17) is 9.47 Å². The fourth-order valence-corrected chi connectivity index (χ4v) is 3.19. The number of fused-ring (bicyclic) bond motifs is 1. The van der Waals surface area contributed by atoms with Gasteiger partial charge in [0.15, 0.2) is 11.5 Å². The summed E-state index contributed by atoms with van der Waals surface area (Å²) in [6, 6.07) is 4.20. The zero-order valence-corrected chi connectivity index (χ0v) is 11.4.